The number of rotatable bonds is 2. The highest BCUT2D eigenvalue weighted by Crippen LogP contribution is 2.40. The lowest BCUT2D eigenvalue weighted by Crippen LogP contribution is -2.11. The highest BCUT2D eigenvalue weighted by molar-refractivity contribution is 14.1. The molecule has 1 N–H and O–H groups in total. The largest absolute Gasteiger partial charge is 0.488 e. The summed E-state index contributed by atoms with van der Waals surface area (Å²) in [5, 5.41) is 8.28. The van der Waals surface area contributed by atoms with Crippen molar-refractivity contribution in [1.82, 2.24) is 10.2 Å². The van der Waals surface area contributed by atoms with Crippen LogP contribution in [0.4, 0.5) is 0 Å². The molecule has 1 saturated carbocycles. The van der Waals surface area contributed by atoms with E-state index in [-0.39, 0.29) is 5.60 Å². The van der Waals surface area contributed by atoms with E-state index in [1.165, 1.54) is 0 Å². The SMILES string of the molecule is CC1(Oc2ccc3n[nH]c(I)c3c2)CC1. The number of halogens is 1. The van der Waals surface area contributed by atoms with Gasteiger partial charge in [0.15, 0.2) is 0 Å². The Balaban J connectivity index is 2.01. The average Bonchev–Trinajstić information content (AvgIpc) is 2.82. The fraction of sp³-hybridized carbons (Fsp3) is 0.364. The van der Waals surface area contributed by atoms with Gasteiger partial charge in [0.25, 0.3) is 0 Å². The number of H-pyrrole nitrogens is 1. The summed E-state index contributed by atoms with van der Waals surface area (Å²) in [6.45, 7) is 2.15. The smallest absolute Gasteiger partial charge is 0.120 e. The van der Waals surface area contributed by atoms with Crippen LogP contribution in [0.25, 0.3) is 10.9 Å². The second-order valence-electron chi connectivity index (χ2n) is 4.27. The second kappa shape index (κ2) is 3.10. The van der Waals surface area contributed by atoms with Crippen molar-refractivity contribution < 1.29 is 4.74 Å². The molecule has 1 aromatic heterocycles. The Kier molecular flexibility index (Phi) is 1.95. The predicted molar refractivity (Wildman–Crippen MR) is 67.1 cm³/mol. The number of fused-ring (bicyclic) bond motifs is 1. The van der Waals surface area contributed by atoms with Gasteiger partial charge in [-0.2, -0.15) is 5.10 Å². The third-order valence-corrected chi connectivity index (χ3v) is 3.62. The maximum atomic E-state index is 5.90. The summed E-state index contributed by atoms with van der Waals surface area (Å²) >= 11 is 2.25. The van der Waals surface area contributed by atoms with Gasteiger partial charge in [0.2, 0.25) is 0 Å². The Hall–Kier alpha value is -0.780. The van der Waals surface area contributed by atoms with Gasteiger partial charge in [-0.1, -0.05) is 0 Å². The molecule has 0 saturated heterocycles. The summed E-state index contributed by atoms with van der Waals surface area (Å²) in [6, 6.07) is 6.04. The van der Waals surface area contributed by atoms with Crippen LogP contribution in [0.1, 0.15) is 19.8 Å². The average molecular weight is 314 g/mol. The minimum absolute atomic E-state index is 0.0862. The molecule has 3 rings (SSSR count). The standard InChI is InChI=1S/C11H11IN2O/c1-11(4-5-11)15-7-2-3-9-8(6-7)10(12)14-13-9/h2-3,6H,4-5H2,1H3,(H,13,14). The molecule has 0 spiro atoms. The minimum Gasteiger partial charge on any atom is -0.488 e. The first kappa shape index (κ1) is 9.45. The first-order valence-corrected chi connectivity index (χ1v) is 6.07. The molecule has 1 fully saturated rings. The molecule has 78 valence electrons. The van der Waals surface area contributed by atoms with Gasteiger partial charge >= 0.3 is 0 Å². The molecule has 1 aliphatic rings. The number of aromatic amines is 1. The number of ether oxygens (including phenoxy) is 1. The van der Waals surface area contributed by atoms with E-state index in [2.05, 4.69) is 45.8 Å². The number of hydrogen-bond acceptors (Lipinski definition) is 2. The van der Waals surface area contributed by atoms with Crippen molar-refractivity contribution in [3.05, 3.63) is 21.9 Å². The summed E-state index contributed by atoms with van der Waals surface area (Å²) in [7, 11) is 0. The van der Waals surface area contributed by atoms with E-state index in [0.717, 1.165) is 33.2 Å². The van der Waals surface area contributed by atoms with Crippen molar-refractivity contribution in [2.75, 3.05) is 0 Å². The van der Waals surface area contributed by atoms with E-state index in [4.69, 9.17) is 4.74 Å². The van der Waals surface area contributed by atoms with E-state index < -0.39 is 0 Å². The highest BCUT2D eigenvalue weighted by Gasteiger charge is 2.40. The van der Waals surface area contributed by atoms with E-state index in [1.807, 2.05) is 12.1 Å². The van der Waals surface area contributed by atoms with Crippen LogP contribution in [0.5, 0.6) is 5.75 Å². The van der Waals surface area contributed by atoms with E-state index in [0.29, 0.717) is 0 Å². The van der Waals surface area contributed by atoms with Crippen LogP contribution in [-0.2, 0) is 0 Å². The fourth-order valence-electron chi connectivity index (χ4n) is 1.58. The minimum atomic E-state index is 0.0862. The Bertz CT molecular complexity index is 516. The zero-order chi connectivity index (χ0) is 10.5. The molecular formula is C11H11IN2O. The molecule has 0 atom stereocenters. The van der Waals surface area contributed by atoms with Gasteiger partial charge in [-0.25, -0.2) is 0 Å². The summed E-state index contributed by atoms with van der Waals surface area (Å²) < 4.78 is 6.96. The third kappa shape index (κ3) is 1.71. The van der Waals surface area contributed by atoms with E-state index in [9.17, 15) is 0 Å². The molecule has 0 unspecified atom stereocenters. The predicted octanol–water partition coefficient (Wildman–Crippen LogP) is 3.10. The molecule has 0 bridgehead atoms. The van der Waals surface area contributed by atoms with Crippen LogP contribution in [0.3, 0.4) is 0 Å². The zero-order valence-corrected chi connectivity index (χ0v) is 10.5. The topological polar surface area (TPSA) is 37.9 Å². The summed E-state index contributed by atoms with van der Waals surface area (Å²) in [5.41, 5.74) is 1.08. The summed E-state index contributed by atoms with van der Waals surface area (Å²) in [4.78, 5) is 0. The fourth-order valence-corrected chi connectivity index (χ4v) is 2.14. The van der Waals surface area contributed by atoms with Crippen molar-refractivity contribution in [3.8, 4) is 5.75 Å². The van der Waals surface area contributed by atoms with Crippen molar-refractivity contribution in [3.63, 3.8) is 0 Å². The summed E-state index contributed by atoms with van der Waals surface area (Å²) in [5.74, 6) is 0.946. The molecule has 0 amide bonds. The molecule has 1 heterocycles. The number of nitrogens with zero attached hydrogens (tertiary/aromatic N) is 1. The van der Waals surface area contributed by atoms with Gasteiger partial charge in [-0.15, -0.1) is 0 Å². The van der Waals surface area contributed by atoms with Crippen LogP contribution in [0.2, 0.25) is 0 Å². The van der Waals surface area contributed by atoms with Crippen LogP contribution >= 0.6 is 22.6 Å². The summed E-state index contributed by atoms with van der Waals surface area (Å²) in [6.07, 6.45) is 2.32. The molecule has 3 nitrogen and oxygen atoms in total. The first-order valence-electron chi connectivity index (χ1n) is 4.99. The maximum Gasteiger partial charge on any atom is 0.120 e. The Morgan fingerprint density at radius 2 is 2.27 bits per heavy atom. The number of aromatic nitrogens is 2. The van der Waals surface area contributed by atoms with Crippen molar-refractivity contribution in [2.24, 2.45) is 0 Å². The Labute approximate surface area is 101 Å². The molecule has 4 heteroatoms. The van der Waals surface area contributed by atoms with Crippen molar-refractivity contribution >= 4 is 33.5 Å². The van der Waals surface area contributed by atoms with Crippen LogP contribution in [-0.4, -0.2) is 15.8 Å². The maximum absolute atomic E-state index is 5.90. The lowest BCUT2D eigenvalue weighted by molar-refractivity contribution is 0.200. The molecule has 0 aliphatic heterocycles. The van der Waals surface area contributed by atoms with Gasteiger partial charge in [0, 0.05) is 5.39 Å². The molecule has 15 heavy (non-hydrogen) atoms. The van der Waals surface area contributed by atoms with Gasteiger partial charge in [0.05, 0.1) is 5.52 Å². The number of benzene rings is 1. The van der Waals surface area contributed by atoms with Gasteiger partial charge in [0.1, 0.15) is 15.1 Å². The molecule has 1 aromatic carbocycles. The Morgan fingerprint density at radius 1 is 1.47 bits per heavy atom. The molecule has 2 aromatic rings. The van der Waals surface area contributed by atoms with E-state index >= 15 is 0 Å². The van der Waals surface area contributed by atoms with Crippen LogP contribution in [0, 0.1) is 3.70 Å². The third-order valence-electron chi connectivity index (χ3n) is 2.80. The number of nitrogens with one attached hydrogen (secondary N) is 1. The van der Waals surface area contributed by atoms with Gasteiger partial charge < -0.3 is 4.74 Å². The van der Waals surface area contributed by atoms with Gasteiger partial charge in [-0.3, -0.25) is 5.10 Å². The van der Waals surface area contributed by atoms with Crippen LogP contribution < -0.4 is 4.74 Å². The lowest BCUT2D eigenvalue weighted by Gasteiger charge is -2.12. The molecule has 0 radical (unpaired) electrons. The quantitative estimate of drug-likeness (QED) is 0.865. The number of hydrogen-bond donors (Lipinski definition) is 1. The zero-order valence-electron chi connectivity index (χ0n) is 8.38. The van der Waals surface area contributed by atoms with E-state index in [1.54, 1.807) is 0 Å². The second-order valence-corrected chi connectivity index (χ2v) is 5.35. The van der Waals surface area contributed by atoms with Gasteiger partial charge in [-0.05, 0) is 60.6 Å². The monoisotopic (exact) mass is 314 g/mol. The normalized spacial score (nSPS) is 18.0. The molecular weight excluding hydrogens is 303 g/mol. The Morgan fingerprint density at radius 3 is 3.00 bits per heavy atom. The lowest BCUT2D eigenvalue weighted by atomic mass is 10.2. The highest BCUT2D eigenvalue weighted by atomic mass is 127. The first-order chi connectivity index (χ1) is 7.16. The molecule has 1 aliphatic carbocycles. The van der Waals surface area contributed by atoms with Crippen molar-refractivity contribution in [2.45, 2.75) is 25.4 Å². The van der Waals surface area contributed by atoms with Crippen molar-refractivity contribution in [1.29, 1.82) is 0 Å². The van der Waals surface area contributed by atoms with Crippen LogP contribution in [0.15, 0.2) is 18.2 Å².